The Morgan fingerprint density at radius 3 is 2.30 bits per heavy atom. The molecule has 20 heavy (non-hydrogen) atoms. The maximum atomic E-state index is 12.5. The second-order valence-electron chi connectivity index (χ2n) is 4.66. The van der Waals surface area contributed by atoms with E-state index in [9.17, 15) is 8.42 Å². The molecule has 0 aliphatic heterocycles. The summed E-state index contributed by atoms with van der Waals surface area (Å²) in [5.74, 6) is 0. The van der Waals surface area contributed by atoms with Crippen molar-refractivity contribution in [3.63, 3.8) is 0 Å². The van der Waals surface area contributed by atoms with Crippen molar-refractivity contribution in [2.75, 3.05) is 11.4 Å². The molecule has 0 radical (unpaired) electrons. The van der Waals surface area contributed by atoms with Gasteiger partial charge in [-0.1, -0.05) is 24.3 Å². The molecule has 0 amide bonds. The van der Waals surface area contributed by atoms with Crippen LogP contribution in [-0.2, 0) is 16.6 Å². The van der Waals surface area contributed by atoms with Crippen molar-refractivity contribution < 1.29 is 8.42 Å². The molecule has 2 N–H and O–H groups in total. The summed E-state index contributed by atoms with van der Waals surface area (Å²) in [5.41, 5.74) is 8.08. The highest BCUT2D eigenvalue weighted by Gasteiger charge is 2.21. The molecule has 0 heterocycles. The Morgan fingerprint density at radius 1 is 1.10 bits per heavy atom. The number of hydrogen-bond donors (Lipinski definition) is 1. The van der Waals surface area contributed by atoms with Crippen molar-refractivity contribution in [3.05, 3.63) is 59.7 Å². The Hall–Kier alpha value is -1.85. The Bertz CT molecular complexity index is 694. The van der Waals surface area contributed by atoms with Gasteiger partial charge in [0.1, 0.15) is 0 Å². The van der Waals surface area contributed by atoms with Crippen LogP contribution < -0.4 is 10.0 Å². The summed E-state index contributed by atoms with van der Waals surface area (Å²) in [7, 11) is -1.98. The van der Waals surface area contributed by atoms with E-state index in [1.807, 2.05) is 25.1 Å². The molecule has 106 valence electrons. The number of nitrogens with two attached hydrogens (primary N) is 1. The average molecular weight is 290 g/mol. The third-order valence-corrected chi connectivity index (χ3v) is 4.98. The van der Waals surface area contributed by atoms with E-state index in [-0.39, 0.29) is 4.90 Å². The zero-order valence-corrected chi connectivity index (χ0v) is 12.4. The number of aryl methyl sites for hydroxylation is 1. The average Bonchev–Trinajstić information content (AvgIpc) is 2.46. The van der Waals surface area contributed by atoms with Crippen molar-refractivity contribution in [3.8, 4) is 0 Å². The molecule has 2 aromatic rings. The van der Waals surface area contributed by atoms with Gasteiger partial charge < -0.3 is 5.73 Å². The highest BCUT2D eigenvalue weighted by atomic mass is 32.2. The van der Waals surface area contributed by atoms with E-state index in [1.54, 1.807) is 37.4 Å². The highest BCUT2D eigenvalue weighted by molar-refractivity contribution is 7.92. The normalized spacial score (nSPS) is 11.3. The third-order valence-electron chi connectivity index (χ3n) is 3.18. The minimum Gasteiger partial charge on any atom is -0.326 e. The van der Waals surface area contributed by atoms with Gasteiger partial charge in [-0.25, -0.2) is 8.42 Å². The van der Waals surface area contributed by atoms with Gasteiger partial charge in [-0.2, -0.15) is 0 Å². The maximum Gasteiger partial charge on any atom is 0.264 e. The van der Waals surface area contributed by atoms with Gasteiger partial charge in [-0.15, -0.1) is 0 Å². The summed E-state index contributed by atoms with van der Waals surface area (Å²) in [4.78, 5) is 0.263. The van der Waals surface area contributed by atoms with E-state index < -0.39 is 10.0 Å². The molecule has 0 atom stereocenters. The standard InChI is InChI=1S/C15H18N2O2S/c1-12-4-3-5-14(10-12)17(2)20(18,19)15-8-6-13(11-16)7-9-15/h3-10H,11,16H2,1-2H3. The number of rotatable bonds is 4. The molecule has 4 nitrogen and oxygen atoms in total. The maximum absolute atomic E-state index is 12.5. The predicted molar refractivity (Wildman–Crippen MR) is 81.1 cm³/mol. The molecule has 0 bridgehead atoms. The molecule has 2 aromatic carbocycles. The summed E-state index contributed by atoms with van der Waals surface area (Å²) >= 11 is 0. The van der Waals surface area contributed by atoms with Gasteiger partial charge in [0, 0.05) is 13.6 Å². The topological polar surface area (TPSA) is 63.4 Å². The molecule has 0 aromatic heterocycles. The van der Waals surface area contributed by atoms with E-state index in [2.05, 4.69) is 0 Å². The number of nitrogens with zero attached hydrogens (tertiary/aromatic N) is 1. The lowest BCUT2D eigenvalue weighted by molar-refractivity contribution is 0.594. The van der Waals surface area contributed by atoms with Crippen LogP contribution in [0.2, 0.25) is 0 Å². The molecule has 0 aliphatic carbocycles. The van der Waals surface area contributed by atoms with Gasteiger partial charge in [0.15, 0.2) is 0 Å². The van der Waals surface area contributed by atoms with Gasteiger partial charge in [-0.05, 0) is 42.3 Å². The summed E-state index contributed by atoms with van der Waals surface area (Å²) in [6.07, 6.45) is 0. The minimum atomic E-state index is -3.54. The minimum absolute atomic E-state index is 0.263. The fraction of sp³-hybridized carbons (Fsp3) is 0.200. The molecule has 2 rings (SSSR count). The van der Waals surface area contributed by atoms with Crippen LogP contribution in [0.5, 0.6) is 0 Å². The van der Waals surface area contributed by atoms with Gasteiger partial charge in [-0.3, -0.25) is 4.31 Å². The smallest absolute Gasteiger partial charge is 0.264 e. The second-order valence-corrected chi connectivity index (χ2v) is 6.63. The Labute approximate surface area is 119 Å². The fourth-order valence-electron chi connectivity index (χ4n) is 1.92. The largest absolute Gasteiger partial charge is 0.326 e. The quantitative estimate of drug-likeness (QED) is 0.939. The number of benzene rings is 2. The zero-order valence-electron chi connectivity index (χ0n) is 11.6. The SMILES string of the molecule is Cc1cccc(N(C)S(=O)(=O)c2ccc(CN)cc2)c1. The van der Waals surface area contributed by atoms with Gasteiger partial charge in [0.25, 0.3) is 10.0 Å². The molecular weight excluding hydrogens is 272 g/mol. The van der Waals surface area contributed by atoms with Crippen LogP contribution in [-0.4, -0.2) is 15.5 Å². The van der Waals surface area contributed by atoms with Crippen molar-refractivity contribution in [2.24, 2.45) is 5.73 Å². The molecule has 0 saturated heterocycles. The highest BCUT2D eigenvalue weighted by Crippen LogP contribution is 2.22. The second kappa shape index (κ2) is 5.64. The van der Waals surface area contributed by atoms with E-state index in [4.69, 9.17) is 5.73 Å². The molecule has 0 fully saturated rings. The summed E-state index contributed by atoms with van der Waals surface area (Å²) < 4.78 is 26.4. The van der Waals surface area contributed by atoms with Crippen LogP contribution in [0.3, 0.4) is 0 Å². The lowest BCUT2D eigenvalue weighted by atomic mass is 10.2. The summed E-state index contributed by atoms with van der Waals surface area (Å²) in [6, 6.07) is 14.0. The van der Waals surface area contributed by atoms with E-state index in [0.29, 0.717) is 12.2 Å². The van der Waals surface area contributed by atoms with Crippen LogP contribution >= 0.6 is 0 Å². The van der Waals surface area contributed by atoms with E-state index >= 15 is 0 Å². The Kier molecular flexibility index (Phi) is 4.11. The predicted octanol–water partition coefficient (Wildman–Crippen LogP) is 2.28. The van der Waals surface area contributed by atoms with Crippen LogP contribution in [0.1, 0.15) is 11.1 Å². The number of hydrogen-bond acceptors (Lipinski definition) is 3. The summed E-state index contributed by atoms with van der Waals surface area (Å²) in [5, 5.41) is 0. The zero-order chi connectivity index (χ0) is 14.8. The third kappa shape index (κ3) is 2.84. The van der Waals surface area contributed by atoms with E-state index in [1.165, 1.54) is 4.31 Å². The first-order valence-electron chi connectivity index (χ1n) is 6.30. The van der Waals surface area contributed by atoms with Crippen LogP contribution in [0, 0.1) is 6.92 Å². The molecule has 0 saturated carbocycles. The van der Waals surface area contributed by atoms with Crippen LogP contribution in [0.4, 0.5) is 5.69 Å². The molecule has 5 heteroatoms. The molecule has 0 unspecified atom stereocenters. The van der Waals surface area contributed by atoms with Gasteiger partial charge >= 0.3 is 0 Å². The van der Waals surface area contributed by atoms with Crippen LogP contribution in [0.25, 0.3) is 0 Å². The molecular formula is C15H18N2O2S. The lowest BCUT2D eigenvalue weighted by Gasteiger charge is -2.20. The van der Waals surface area contributed by atoms with E-state index in [0.717, 1.165) is 11.1 Å². The first kappa shape index (κ1) is 14.6. The monoisotopic (exact) mass is 290 g/mol. The first-order chi connectivity index (χ1) is 9.45. The molecule has 0 spiro atoms. The van der Waals surface area contributed by atoms with Gasteiger partial charge in [0.05, 0.1) is 10.6 Å². The lowest BCUT2D eigenvalue weighted by Crippen LogP contribution is -2.26. The van der Waals surface area contributed by atoms with Crippen LogP contribution in [0.15, 0.2) is 53.4 Å². The number of anilines is 1. The number of sulfonamides is 1. The molecule has 0 aliphatic rings. The fourth-order valence-corrected chi connectivity index (χ4v) is 3.11. The Balaban J connectivity index is 2.38. The first-order valence-corrected chi connectivity index (χ1v) is 7.74. The van der Waals surface area contributed by atoms with Crippen molar-refractivity contribution >= 4 is 15.7 Å². The van der Waals surface area contributed by atoms with Gasteiger partial charge in [0.2, 0.25) is 0 Å². The van der Waals surface area contributed by atoms with Crippen molar-refractivity contribution in [1.82, 2.24) is 0 Å². The Morgan fingerprint density at radius 2 is 1.75 bits per heavy atom. The summed E-state index contributed by atoms with van der Waals surface area (Å²) in [6.45, 7) is 2.33. The van der Waals surface area contributed by atoms with Crippen molar-refractivity contribution in [1.29, 1.82) is 0 Å². The van der Waals surface area contributed by atoms with Crippen molar-refractivity contribution in [2.45, 2.75) is 18.4 Å².